The number of hydrogen-bond donors (Lipinski definition) is 6. The number of nitrogens with one attached hydrogen (secondary N) is 4. The minimum Gasteiger partial charge on any atom is -0.507 e. The number of thiophene rings is 4. The van der Waals surface area contributed by atoms with Gasteiger partial charge in [-0.3, -0.25) is 0 Å². The molecule has 402 valence electrons. The van der Waals surface area contributed by atoms with Crippen LogP contribution in [0.4, 0.5) is 0 Å². The minimum absolute atomic E-state index is 0. The van der Waals surface area contributed by atoms with Gasteiger partial charge in [-0.05, 0) is 147 Å². The third kappa shape index (κ3) is 19.9. The first-order chi connectivity index (χ1) is 36.8. The van der Waals surface area contributed by atoms with Crippen molar-refractivity contribution < 1.29 is 19.7 Å². The van der Waals surface area contributed by atoms with E-state index in [9.17, 15) is 10.2 Å². The second-order valence-electron chi connectivity index (χ2n) is 17.3. The molecular formula is C62H72Cl2N4O4S4. The molecule has 6 aromatic carbocycles. The first-order valence-corrected chi connectivity index (χ1v) is 29.3. The molecule has 8 nitrogen and oxygen atoms in total. The Morgan fingerprint density at radius 1 is 0.408 bits per heavy atom. The van der Waals surface area contributed by atoms with Gasteiger partial charge < -0.3 is 41.0 Å². The maximum atomic E-state index is 9.51. The summed E-state index contributed by atoms with van der Waals surface area (Å²) in [5.41, 5.74) is 0. The highest BCUT2D eigenvalue weighted by molar-refractivity contribution is 7.10. The van der Waals surface area contributed by atoms with Crippen molar-refractivity contribution >= 4 is 102 Å². The van der Waals surface area contributed by atoms with Gasteiger partial charge in [0.1, 0.15) is 29.5 Å². The molecule has 0 fully saturated rings. The second kappa shape index (κ2) is 35.2. The van der Waals surface area contributed by atoms with Crippen molar-refractivity contribution in [2.24, 2.45) is 0 Å². The van der Waals surface area contributed by atoms with Gasteiger partial charge in [0.15, 0.2) is 0 Å². The van der Waals surface area contributed by atoms with Gasteiger partial charge in [-0.25, -0.2) is 0 Å². The highest BCUT2D eigenvalue weighted by Crippen LogP contribution is 2.35. The lowest BCUT2D eigenvalue weighted by Crippen LogP contribution is -2.15. The summed E-state index contributed by atoms with van der Waals surface area (Å²) in [5, 5.41) is 46.6. The Bertz CT molecular complexity index is 2870. The number of rotatable bonds is 20. The second-order valence-corrected chi connectivity index (χ2v) is 21.7. The summed E-state index contributed by atoms with van der Waals surface area (Å²) in [7, 11) is 7.78. The van der Waals surface area contributed by atoms with Gasteiger partial charge in [-0.2, -0.15) is 0 Å². The lowest BCUT2D eigenvalue weighted by atomic mass is 10.1. The number of fused-ring (bicyclic) bond motifs is 3. The monoisotopic (exact) mass is 1130 g/mol. The molecule has 10 aromatic rings. The molecule has 0 saturated heterocycles. The molecule has 14 heteroatoms. The van der Waals surface area contributed by atoms with E-state index in [0.717, 1.165) is 79.0 Å². The van der Waals surface area contributed by atoms with Crippen molar-refractivity contribution in [3.05, 3.63) is 217 Å². The van der Waals surface area contributed by atoms with Crippen LogP contribution < -0.4 is 30.7 Å². The van der Waals surface area contributed by atoms with Crippen molar-refractivity contribution in [1.82, 2.24) is 21.3 Å². The zero-order chi connectivity index (χ0) is 52.9. The smallest absolute Gasteiger partial charge is 0.134 e. The number of phenols is 1. The van der Waals surface area contributed by atoms with E-state index in [2.05, 4.69) is 153 Å². The maximum Gasteiger partial charge on any atom is 0.134 e. The SMILES string of the molecule is CNCC[C@H](Cl)c1cccs1.CNCC[C@H](O)c1cccs1.CNCC[C@H](Oc1cccc2ccccc12)c1cccs1.CNCC[C@H](Oc1cccc2ccccc12)c1cccs1.Cl.Oc1cccc2ccccc12. The van der Waals surface area contributed by atoms with Crippen LogP contribution in [-0.2, 0) is 0 Å². The number of halogens is 2. The Labute approximate surface area is 477 Å². The fourth-order valence-corrected chi connectivity index (χ4v) is 11.3. The van der Waals surface area contributed by atoms with Gasteiger partial charge in [0.05, 0.1) is 11.5 Å². The third-order valence-corrected chi connectivity index (χ3v) is 16.3. The summed E-state index contributed by atoms with van der Waals surface area (Å²) >= 11 is 12.9. The predicted molar refractivity (Wildman–Crippen MR) is 332 cm³/mol. The minimum atomic E-state index is -0.289. The molecule has 4 heterocycles. The molecule has 0 aliphatic carbocycles. The highest BCUT2D eigenvalue weighted by atomic mass is 35.5. The third-order valence-electron chi connectivity index (χ3n) is 11.9. The maximum absolute atomic E-state index is 9.51. The van der Waals surface area contributed by atoms with E-state index in [0.29, 0.717) is 5.75 Å². The van der Waals surface area contributed by atoms with Crippen LogP contribution >= 0.6 is 69.4 Å². The molecule has 0 bridgehead atoms. The van der Waals surface area contributed by atoms with Gasteiger partial charge in [-0.15, -0.1) is 69.4 Å². The lowest BCUT2D eigenvalue weighted by molar-refractivity contribution is 0.171. The fraction of sp³-hybridized carbons (Fsp3) is 0.258. The zero-order valence-electron chi connectivity index (χ0n) is 43.6. The lowest BCUT2D eigenvalue weighted by Gasteiger charge is -2.19. The van der Waals surface area contributed by atoms with Crippen molar-refractivity contribution in [2.45, 2.75) is 49.4 Å². The normalized spacial score (nSPS) is 12.2. The number of aromatic hydroxyl groups is 1. The molecule has 4 atom stereocenters. The number of alkyl halides is 1. The van der Waals surface area contributed by atoms with Crippen LogP contribution in [0.1, 0.15) is 68.9 Å². The highest BCUT2D eigenvalue weighted by Gasteiger charge is 2.17. The molecule has 10 rings (SSSR count). The van der Waals surface area contributed by atoms with Gasteiger partial charge in [0.25, 0.3) is 0 Å². The summed E-state index contributed by atoms with van der Waals surface area (Å²) < 4.78 is 12.7. The van der Waals surface area contributed by atoms with E-state index in [1.54, 1.807) is 51.4 Å². The topological polar surface area (TPSA) is 107 Å². The first-order valence-electron chi connectivity index (χ1n) is 25.3. The molecule has 0 radical (unpaired) electrons. The quantitative estimate of drug-likeness (QED) is 0.0419. The standard InChI is InChI=1S/2C18H19NOS.C10H8O.C8H12ClNS.C8H13NOS.ClH/c2*1-19-12-11-17(18-10-5-13-21-18)20-16-9-4-7-14-6-2-3-8-15(14)16;11-10-7-3-5-8-4-1-2-6-9(8)10;1-10-5-4-7(9)8-3-2-6-11-8;1-9-5-4-7(10)8-3-2-6-11-8;/h2*2-10,13,17,19H,11-12H2,1H3;1-7,11H;2-3,6-7,10H,4-5H2,1H3;2-3,6-7,9-10H,4-5H2,1H3;1H/t2*17-;;2*7-;/m00.00./s1. The Balaban J connectivity index is 0.000000181. The summed E-state index contributed by atoms with van der Waals surface area (Å²) in [6, 6.07) is 59.0. The number of hydrogen-bond acceptors (Lipinski definition) is 12. The summed E-state index contributed by atoms with van der Waals surface area (Å²) in [4.78, 5) is 4.87. The Hall–Kier alpha value is -5.32. The molecule has 0 amide bonds. The summed E-state index contributed by atoms with van der Waals surface area (Å²) in [6.45, 7) is 3.71. The number of benzene rings is 6. The van der Waals surface area contributed by atoms with Crippen LogP contribution in [0.3, 0.4) is 0 Å². The van der Waals surface area contributed by atoms with Crippen molar-refractivity contribution in [3.8, 4) is 17.2 Å². The first kappa shape index (κ1) is 61.5. The van der Waals surface area contributed by atoms with E-state index in [1.807, 2.05) is 88.2 Å². The van der Waals surface area contributed by atoms with Crippen molar-refractivity contribution in [3.63, 3.8) is 0 Å². The van der Waals surface area contributed by atoms with Gasteiger partial charge in [-0.1, -0.05) is 133 Å². The van der Waals surface area contributed by atoms with Gasteiger partial charge >= 0.3 is 0 Å². The Morgan fingerprint density at radius 2 is 0.763 bits per heavy atom. The van der Waals surface area contributed by atoms with Crippen LogP contribution in [-0.4, -0.2) is 64.6 Å². The molecule has 0 aliphatic rings. The van der Waals surface area contributed by atoms with Crippen LogP contribution in [0.2, 0.25) is 0 Å². The Kier molecular flexibility index (Phi) is 28.5. The van der Waals surface area contributed by atoms with Crippen molar-refractivity contribution in [1.29, 1.82) is 0 Å². The van der Waals surface area contributed by atoms with E-state index >= 15 is 0 Å². The number of ether oxygens (including phenoxy) is 2. The molecule has 0 aliphatic heterocycles. The van der Waals surface area contributed by atoms with Crippen LogP contribution in [0.25, 0.3) is 32.3 Å². The molecule has 4 aromatic heterocycles. The molecule has 0 spiro atoms. The van der Waals surface area contributed by atoms with Gasteiger partial charge in [0.2, 0.25) is 0 Å². The van der Waals surface area contributed by atoms with E-state index in [1.165, 1.54) is 36.2 Å². The molecular weight excluding hydrogens is 1060 g/mol. The predicted octanol–water partition coefficient (Wildman–Crippen LogP) is 16.3. The van der Waals surface area contributed by atoms with Crippen LogP contribution in [0.15, 0.2) is 197 Å². The summed E-state index contributed by atoms with van der Waals surface area (Å²) in [5.74, 6) is 2.27. The number of phenolic OH excluding ortho intramolecular Hbond substituents is 1. The van der Waals surface area contributed by atoms with Crippen LogP contribution in [0, 0.1) is 0 Å². The zero-order valence-corrected chi connectivity index (χ0v) is 48.5. The Morgan fingerprint density at radius 3 is 1.18 bits per heavy atom. The molecule has 6 N–H and O–H groups in total. The van der Waals surface area contributed by atoms with E-state index in [-0.39, 0.29) is 36.1 Å². The number of aliphatic hydroxyl groups excluding tert-OH is 1. The molecule has 0 unspecified atom stereocenters. The largest absolute Gasteiger partial charge is 0.507 e. The molecule has 76 heavy (non-hydrogen) atoms. The van der Waals surface area contributed by atoms with Gasteiger partial charge in [0, 0.05) is 48.5 Å². The van der Waals surface area contributed by atoms with Crippen molar-refractivity contribution in [2.75, 3.05) is 54.4 Å². The number of aliphatic hydroxyl groups is 1. The van der Waals surface area contributed by atoms with E-state index < -0.39 is 0 Å². The van der Waals surface area contributed by atoms with Crippen LogP contribution in [0.5, 0.6) is 17.2 Å². The summed E-state index contributed by atoms with van der Waals surface area (Å²) in [6.07, 6.45) is 3.62. The molecule has 0 saturated carbocycles. The van der Waals surface area contributed by atoms with E-state index in [4.69, 9.17) is 21.1 Å². The average molecular weight is 1140 g/mol. The fourth-order valence-electron chi connectivity index (χ4n) is 7.92. The average Bonchev–Trinajstić information content (AvgIpc) is 4.33.